The van der Waals surface area contributed by atoms with Crippen molar-refractivity contribution < 1.29 is 9.90 Å². The highest BCUT2D eigenvalue weighted by molar-refractivity contribution is 5.95. The third-order valence-electron chi connectivity index (χ3n) is 3.98. The molecule has 0 unspecified atom stereocenters. The van der Waals surface area contributed by atoms with Crippen LogP contribution in [0.1, 0.15) is 62.2 Å². The quantitative estimate of drug-likeness (QED) is 0.704. The van der Waals surface area contributed by atoms with E-state index >= 15 is 0 Å². The second-order valence-corrected chi connectivity index (χ2v) is 5.17. The van der Waals surface area contributed by atoms with E-state index in [4.69, 9.17) is 0 Å². The predicted octanol–water partition coefficient (Wildman–Crippen LogP) is 1.18. The zero-order valence-corrected chi connectivity index (χ0v) is 13.2. The maximum absolute atomic E-state index is 12.3. The van der Waals surface area contributed by atoms with Crippen LogP contribution in [-0.4, -0.2) is 33.4 Å². The molecule has 1 rings (SSSR count). The Balaban J connectivity index is 3.05. The fourth-order valence-electron chi connectivity index (χ4n) is 2.27. The number of aliphatic hydroxyl groups is 1. The third-order valence-corrected chi connectivity index (χ3v) is 3.98. The summed E-state index contributed by atoms with van der Waals surface area (Å²) in [6.45, 7) is 7.67. The van der Waals surface area contributed by atoms with Crippen LogP contribution in [0.15, 0.2) is 4.79 Å². The normalized spacial score (nSPS) is 11.5. The van der Waals surface area contributed by atoms with Crippen molar-refractivity contribution in [1.29, 1.82) is 0 Å². The van der Waals surface area contributed by atoms with Gasteiger partial charge in [0, 0.05) is 6.54 Å². The minimum Gasteiger partial charge on any atom is -0.388 e. The van der Waals surface area contributed by atoms with Crippen LogP contribution in [0.5, 0.6) is 0 Å². The minimum atomic E-state index is -0.935. The lowest BCUT2D eigenvalue weighted by Gasteiger charge is -2.25. The molecule has 0 atom stereocenters. The molecule has 1 amide bonds. The van der Waals surface area contributed by atoms with Crippen LogP contribution in [-0.2, 0) is 12.8 Å². The van der Waals surface area contributed by atoms with Gasteiger partial charge in [0.1, 0.15) is 5.56 Å². The first-order valence-corrected chi connectivity index (χ1v) is 7.53. The van der Waals surface area contributed by atoms with E-state index in [1.165, 1.54) is 0 Å². The summed E-state index contributed by atoms with van der Waals surface area (Å²) in [5.41, 5.74) is 0.0888. The molecule has 1 heterocycles. The second kappa shape index (κ2) is 7.36. The smallest absolute Gasteiger partial charge is 0.277 e. The molecule has 0 fully saturated rings. The van der Waals surface area contributed by atoms with Crippen molar-refractivity contribution in [1.82, 2.24) is 15.5 Å². The molecule has 0 radical (unpaired) electrons. The molecular formula is C15H25N3O3. The zero-order valence-electron chi connectivity index (χ0n) is 13.2. The molecule has 6 heteroatoms. The molecular weight excluding hydrogens is 270 g/mol. The van der Waals surface area contributed by atoms with Gasteiger partial charge in [0.15, 0.2) is 0 Å². The number of aromatic amines is 1. The van der Waals surface area contributed by atoms with Gasteiger partial charge in [-0.2, -0.15) is 5.10 Å². The lowest BCUT2D eigenvalue weighted by atomic mass is 9.97. The van der Waals surface area contributed by atoms with Crippen molar-refractivity contribution in [3.05, 3.63) is 27.2 Å². The van der Waals surface area contributed by atoms with Gasteiger partial charge in [-0.1, -0.05) is 27.7 Å². The van der Waals surface area contributed by atoms with Crippen molar-refractivity contribution in [3.8, 4) is 0 Å². The second-order valence-electron chi connectivity index (χ2n) is 5.17. The van der Waals surface area contributed by atoms with Gasteiger partial charge in [-0.3, -0.25) is 9.59 Å². The van der Waals surface area contributed by atoms with E-state index in [2.05, 4.69) is 15.5 Å². The van der Waals surface area contributed by atoms with Crippen LogP contribution in [0.2, 0.25) is 0 Å². The van der Waals surface area contributed by atoms with E-state index in [0.29, 0.717) is 31.2 Å². The molecule has 0 saturated heterocycles. The average molecular weight is 295 g/mol. The van der Waals surface area contributed by atoms with E-state index in [1.807, 2.05) is 27.7 Å². The van der Waals surface area contributed by atoms with Crippen LogP contribution in [0.4, 0.5) is 0 Å². The first-order valence-electron chi connectivity index (χ1n) is 7.53. The third kappa shape index (κ3) is 3.91. The molecule has 0 aliphatic heterocycles. The molecule has 21 heavy (non-hydrogen) atoms. The topological polar surface area (TPSA) is 95.1 Å². The summed E-state index contributed by atoms with van der Waals surface area (Å²) in [5, 5.41) is 19.2. The van der Waals surface area contributed by atoms with Crippen molar-refractivity contribution in [2.45, 2.75) is 59.0 Å². The monoisotopic (exact) mass is 295 g/mol. The molecule has 0 aliphatic carbocycles. The largest absolute Gasteiger partial charge is 0.388 e. The summed E-state index contributed by atoms with van der Waals surface area (Å²) in [5.74, 6) is -0.453. The molecule has 0 aromatic carbocycles. The Hall–Kier alpha value is -1.69. The summed E-state index contributed by atoms with van der Waals surface area (Å²) in [6.07, 6.45) is 2.29. The summed E-state index contributed by atoms with van der Waals surface area (Å²) in [7, 11) is 0. The van der Waals surface area contributed by atoms with Gasteiger partial charge in [-0.25, -0.2) is 5.10 Å². The molecule has 6 nitrogen and oxygen atoms in total. The summed E-state index contributed by atoms with van der Waals surface area (Å²) < 4.78 is 0. The molecule has 0 bridgehead atoms. The van der Waals surface area contributed by atoms with Gasteiger partial charge in [0.05, 0.1) is 11.3 Å². The van der Waals surface area contributed by atoms with Gasteiger partial charge in [0.25, 0.3) is 11.5 Å². The SMILES string of the molecule is CCc1n[nH]c(=O)c(C(=O)NCC(O)(CC)CC)c1CC. The Morgan fingerprint density at radius 1 is 1.24 bits per heavy atom. The number of hydrogen-bond acceptors (Lipinski definition) is 4. The van der Waals surface area contributed by atoms with E-state index in [0.717, 1.165) is 5.69 Å². The van der Waals surface area contributed by atoms with Crippen LogP contribution < -0.4 is 10.9 Å². The molecule has 3 N–H and O–H groups in total. The van der Waals surface area contributed by atoms with Crippen molar-refractivity contribution in [2.24, 2.45) is 0 Å². The van der Waals surface area contributed by atoms with E-state index in [1.54, 1.807) is 0 Å². The summed E-state index contributed by atoms with van der Waals surface area (Å²) >= 11 is 0. The van der Waals surface area contributed by atoms with Crippen LogP contribution in [0.3, 0.4) is 0 Å². The summed E-state index contributed by atoms with van der Waals surface area (Å²) in [4.78, 5) is 24.3. The molecule has 0 spiro atoms. The Bertz CT molecular complexity index is 548. The lowest BCUT2D eigenvalue weighted by molar-refractivity contribution is 0.0313. The highest BCUT2D eigenvalue weighted by atomic mass is 16.3. The number of nitrogens with one attached hydrogen (secondary N) is 2. The number of H-pyrrole nitrogens is 1. The minimum absolute atomic E-state index is 0.110. The van der Waals surface area contributed by atoms with E-state index in [-0.39, 0.29) is 12.1 Å². The lowest BCUT2D eigenvalue weighted by Crippen LogP contribution is -2.43. The molecule has 1 aromatic rings. The average Bonchev–Trinajstić information content (AvgIpc) is 2.51. The number of rotatable bonds is 7. The maximum Gasteiger partial charge on any atom is 0.277 e. The Labute approximate surface area is 125 Å². The molecule has 118 valence electrons. The van der Waals surface area contributed by atoms with Crippen LogP contribution in [0, 0.1) is 0 Å². The first-order chi connectivity index (χ1) is 9.92. The number of carbonyl (C=O) groups is 1. The molecule has 0 aliphatic rings. The highest BCUT2D eigenvalue weighted by Crippen LogP contribution is 2.14. The zero-order chi connectivity index (χ0) is 16.0. The number of amides is 1. The van der Waals surface area contributed by atoms with Crippen molar-refractivity contribution in [3.63, 3.8) is 0 Å². The number of carbonyl (C=O) groups excluding carboxylic acids is 1. The predicted molar refractivity (Wildman–Crippen MR) is 81.5 cm³/mol. The fourth-order valence-corrected chi connectivity index (χ4v) is 2.27. The van der Waals surface area contributed by atoms with Gasteiger partial charge in [-0.15, -0.1) is 0 Å². The van der Waals surface area contributed by atoms with Gasteiger partial charge < -0.3 is 10.4 Å². The molecule has 1 aromatic heterocycles. The van der Waals surface area contributed by atoms with Gasteiger partial charge >= 0.3 is 0 Å². The van der Waals surface area contributed by atoms with E-state index < -0.39 is 17.1 Å². The fraction of sp³-hybridized carbons (Fsp3) is 0.667. The first kappa shape index (κ1) is 17.4. The van der Waals surface area contributed by atoms with E-state index in [9.17, 15) is 14.7 Å². The number of aromatic nitrogens is 2. The van der Waals surface area contributed by atoms with Crippen LogP contribution in [0.25, 0.3) is 0 Å². The Morgan fingerprint density at radius 2 is 1.86 bits per heavy atom. The van der Waals surface area contributed by atoms with Gasteiger partial charge in [0.2, 0.25) is 0 Å². The standard InChI is InChI=1S/C15H25N3O3/c1-5-10-11(6-2)17-18-14(20)12(10)13(19)16-9-15(21,7-3)8-4/h21H,5-9H2,1-4H3,(H,16,19)(H,18,20). The number of nitrogens with zero attached hydrogens (tertiary/aromatic N) is 1. The molecule has 0 saturated carbocycles. The summed E-state index contributed by atoms with van der Waals surface area (Å²) in [6, 6.07) is 0. The van der Waals surface area contributed by atoms with Gasteiger partial charge in [-0.05, 0) is 31.2 Å². The van der Waals surface area contributed by atoms with Crippen molar-refractivity contribution in [2.75, 3.05) is 6.54 Å². The van der Waals surface area contributed by atoms with Crippen molar-refractivity contribution >= 4 is 5.91 Å². The highest BCUT2D eigenvalue weighted by Gasteiger charge is 2.25. The Kier molecular flexibility index (Phi) is 6.08. The van der Waals surface area contributed by atoms with Crippen LogP contribution >= 0.6 is 0 Å². The number of aryl methyl sites for hydroxylation is 1. The Morgan fingerprint density at radius 3 is 2.33 bits per heavy atom. The maximum atomic E-state index is 12.3. The number of hydrogen-bond donors (Lipinski definition) is 3.